The molecule has 0 aliphatic carbocycles. The second-order valence-electron chi connectivity index (χ2n) is 4.56. The van der Waals surface area contributed by atoms with Crippen LogP contribution in [0.5, 0.6) is 0 Å². The number of nitrogens with zero attached hydrogens (tertiary/aromatic N) is 1. The number of hydrogen-bond acceptors (Lipinski definition) is 4. The molecule has 2 aromatic rings. The molecule has 0 saturated carbocycles. The van der Waals surface area contributed by atoms with Crippen LogP contribution in [0.2, 0.25) is 0 Å². The van der Waals surface area contributed by atoms with Crippen LogP contribution in [-0.2, 0) is 20.7 Å². The van der Waals surface area contributed by atoms with Gasteiger partial charge in [-0.1, -0.05) is 42.5 Å². The van der Waals surface area contributed by atoms with Crippen molar-refractivity contribution in [1.29, 1.82) is 0 Å². The van der Waals surface area contributed by atoms with Gasteiger partial charge in [0, 0.05) is 0 Å². The second-order valence-corrected chi connectivity index (χ2v) is 4.56. The minimum absolute atomic E-state index is 0.267. The van der Waals surface area contributed by atoms with E-state index in [1.807, 2.05) is 42.5 Å². The molecule has 0 bridgehead atoms. The number of aliphatic imine (C=N–C) groups is 1. The van der Waals surface area contributed by atoms with E-state index in [1.165, 1.54) is 13.2 Å². The van der Waals surface area contributed by atoms with E-state index in [-0.39, 0.29) is 11.9 Å². The first-order valence-electron chi connectivity index (χ1n) is 6.54. The molecule has 1 unspecified atom stereocenters. The third-order valence-electron chi connectivity index (χ3n) is 3.24. The van der Waals surface area contributed by atoms with Gasteiger partial charge in [0.15, 0.2) is 0 Å². The van der Waals surface area contributed by atoms with Crippen LogP contribution in [0.4, 0.5) is 5.69 Å². The lowest BCUT2D eigenvalue weighted by Gasteiger charge is -2.15. The minimum atomic E-state index is -0.350. The minimum Gasteiger partial charge on any atom is -0.469 e. The molecule has 0 spiro atoms. The van der Waals surface area contributed by atoms with E-state index in [2.05, 4.69) is 4.99 Å². The van der Waals surface area contributed by atoms with Crippen molar-refractivity contribution in [2.24, 2.45) is 4.99 Å². The fraction of sp³-hybridized carbons (Fsp3) is 0.176. The number of carbonyl (C=O) groups excluding carboxylic acids is 2. The van der Waals surface area contributed by atoms with E-state index in [1.54, 1.807) is 12.1 Å². The first-order chi connectivity index (χ1) is 10.2. The predicted octanol–water partition coefficient (Wildman–Crippen LogP) is 3.15. The molecule has 0 fully saturated rings. The van der Waals surface area contributed by atoms with E-state index in [4.69, 9.17) is 4.74 Å². The summed E-state index contributed by atoms with van der Waals surface area (Å²) in [6.07, 6.45) is 2.03. The van der Waals surface area contributed by atoms with Crippen LogP contribution in [0, 0.1) is 0 Å². The number of carbonyl (C=O) groups is 1. The van der Waals surface area contributed by atoms with Crippen LogP contribution in [0.3, 0.4) is 0 Å². The van der Waals surface area contributed by atoms with Crippen molar-refractivity contribution in [2.45, 2.75) is 12.3 Å². The van der Waals surface area contributed by atoms with E-state index < -0.39 is 0 Å². The molecule has 2 rings (SSSR count). The molecule has 106 valence electrons. The van der Waals surface area contributed by atoms with Crippen LogP contribution >= 0.6 is 0 Å². The summed E-state index contributed by atoms with van der Waals surface area (Å²) in [7, 11) is 1.39. The lowest BCUT2D eigenvalue weighted by molar-refractivity contribution is -0.142. The van der Waals surface area contributed by atoms with Crippen molar-refractivity contribution in [3.63, 3.8) is 0 Å². The summed E-state index contributed by atoms with van der Waals surface area (Å²) in [5.41, 5.74) is 2.43. The van der Waals surface area contributed by atoms with Crippen LogP contribution in [-0.4, -0.2) is 19.2 Å². The summed E-state index contributed by atoms with van der Waals surface area (Å²) >= 11 is 0. The molecule has 1 atom stereocenters. The van der Waals surface area contributed by atoms with Crippen molar-refractivity contribution in [3.05, 3.63) is 65.7 Å². The summed E-state index contributed by atoms with van der Waals surface area (Å²) in [6, 6.07) is 16.6. The number of methoxy groups -OCH3 is 1. The first kappa shape index (κ1) is 14.7. The molecule has 4 heteroatoms. The quantitative estimate of drug-likeness (QED) is 0.480. The molecule has 0 heterocycles. The maximum atomic E-state index is 12.0. The Bertz CT molecular complexity index is 643. The highest BCUT2D eigenvalue weighted by Crippen LogP contribution is 2.23. The summed E-state index contributed by atoms with van der Waals surface area (Å²) < 4.78 is 4.89. The Hall–Kier alpha value is -2.71. The zero-order valence-corrected chi connectivity index (χ0v) is 11.7. The van der Waals surface area contributed by atoms with Gasteiger partial charge in [0.1, 0.15) is 0 Å². The highest BCUT2D eigenvalue weighted by atomic mass is 16.5. The topological polar surface area (TPSA) is 55.7 Å². The molecule has 0 aliphatic rings. The van der Waals surface area contributed by atoms with Gasteiger partial charge in [-0.25, -0.2) is 4.79 Å². The smallest absolute Gasteiger partial charge is 0.313 e. The molecule has 0 aromatic heterocycles. The molecule has 4 nitrogen and oxygen atoms in total. The van der Waals surface area contributed by atoms with Gasteiger partial charge in [-0.05, 0) is 29.7 Å². The zero-order valence-electron chi connectivity index (χ0n) is 11.7. The molecular weight excluding hydrogens is 266 g/mol. The highest BCUT2D eigenvalue weighted by Gasteiger charge is 2.21. The van der Waals surface area contributed by atoms with Gasteiger partial charge in [-0.15, -0.1) is 0 Å². The molecule has 0 amide bonds. The van der Waals surface area contributed by atoms with Crippen LogP contribution < -0.4 is 0 Å². The molecule has 0 aliphatic heterocycles. The van der Waals surface area contributed by atoms with Crippen LogP contribution in [0.15, 0.2) is 59.6 Å². The number of benzene rings is 2. The van der Waals surface area contributed by atoms with E-state index >= 15 is 0 Å². The lowest BCUT2D eigenvalue weighted by atomic mass is 9.92. The standard InChI is InChI=1S/C17H15NO3/c1-21-17(20)16(14-5-3-2-4-6-14)11-13-7-9-15(10-8-13)18-12-19/h2-10,16H,11H2,1H3. The Morgan fingerprint density at radius 2 is 1.81 bits per heavy atom. The molecule has 0 saturated heterocycles. The Kier molecular flexibility index (Phi) is 5.02. The fourth-order valence-corrected chi connectivity index (χ4v) is 2.16. The molecule has 0 radical (unpaired) electrons. The number of isocyanates is 1. The Morgan fingerprint density at radius 3 is 2.38 bits per heavy atom. The Labute approximate surface area is 123 Å². The van der Waals surface area contributed by atoms with Crippen LogP contribution in [0.1, 0.15) is 17.0 Å². The van der Waals surface area contributed by atoms with Gasteiger partial charge in [0.25, 0.3) is 0 Å². The third kappa shape index (κ3) is 3.88. The summed E-state index contributed by atoms with van der Waals surface area (Å²) in [5.74, 6) is -0.618. The Morgan fingerprint density at radius 1 is 1.14 bits per heavy atom. The summed E-state index contributed by atoms with van der Waals surface area (Å²) in [4.78, 5) is 25.7. The maximum absolute atomic E-state index is 12.0. The van der Waals surface area contributed by atoms with Gasteiger partial charge in [-0.2, -0.15) is 4.99 Å². The molecule has 0 N–H and O–H groups in total. The number of hydrogen-bond donors (Lipinski definition) is 0. The average Bonchev–Trinajstić information content (AvgIpc) is 2.54. The molecular formula is C17H15NO3. The van der Waals surface area contributed by atoms with E-state index in [9.17, 15) is 9.59 Å². The highest BCUT2D eigenvalue weighted by molar-refractivity contribution is 5.78. The third-order valence-corrected chi connectivity index (χ3v) is 3.24. The van der Waals surface area contributed by atoms with Crippen molar-refractivity contribution < 1.29 is 14.3 Å². The monoisotopic (exact) mass is 281 g/mol. The molecule has 21 heavy (non-hydrogen) atoms. The van der Waals surface area contributed by atoms with Crippen molar-refractivity contribution in [1.82, 2.24) is 0 Å². The normalized spacial score (nSPS) is 11.3. The SMILES string of the molecule is COC(=O)C(Cc1ccc(N=C=O)cc1)c1ccccc1. The van der Waals surface area contributed by atoms with Crippen molar-refractivity contribution in [3.8, 4) is 0 Å². The fourth-order valence-electron chi connectivity index (χ4n) is 2.16. The maximum Gasteiger partial charge on any atom is 0.313 e. The Balaban J connectivity index is 2.23. The molecule has 2 aromatic carbocycles. The van der Waals surface area contributed by atoms with Gasteiger partial charge in [0.2, 0.25) is 6.08 Å². The summed E-state index contributed by atoms with van der Waals surface area (Å²) in [6.45, 7) is 0. The van der Waals surface area contributed by atoms with Crippen molar-refractivity contribution in [2.75, 3.05) is 7.11 Å². The van der Waals surface area contributed by atoms with Gasteiger partial charge in [0.05, 0.1) is 18.7 Å². The zero-order chi connectivity index (χ0) is 15.1. The largest absolute Gasteiger partial charge is 0.469 e. The number of esters is 1. The van der Waals surface area contributed by atoms with Gasteiger partial charge in [-0.3, -0.25) is 4.79 Å². The van der Waals surface area contributed by atoms with E-state index in [0.717, 1.165) is 11.1 Å². The predicted molar refractivity (Wildman–Crippen MR) is 79.1 cm³/mol. The lowest BCUT2D eigenvalue weighted by Crippen LogP contribution is -2.16. The number of rotatable bonds is 5. The van der Waals surface area contributed by atoms with Gasteiger partial charge >= 0.3 is 5.97 Å². The van der Waals surface area contributed by atoms with Gasteiger partial charge < -0.3 is 4.74 Å². The number of ether oxygens (including phenoxy) is 1. The summed E-state index contributed by atoms with van der Waals surface area (Å²) in [5, 5.41) is 0. The average molecular weight is 281 g/mol. The van der Waals surface area contributed by atoms with E-state index in [0.29, 0.717) is 12.1 Å². The second kappa shape index (κ2) is 7.17. The first-order valence-corrected chi connectivity index (χ1v) is 6.54. The van der Waals surface area contributed by atoms with Crippen molar-refractivity contribution >= 4 is 17.7 Å². The van der Waals surface area contributed by atoms with Crippen LogP contribution in [0.25, 0.3) is 0 Å².